The Hall–Kier alpha value is -5.51. The summed E-state index contributed by atoms with van der Waals surface area (Å²) in [7, 11) is 0. The highest BCUT2D eigenvalue weighted by atomic mass is 35.5. The minimum absolute atomic E-state index is 0.0637. The summed E-state index contributed by atoms with van der Waals surface area (Å²) < 4.78 is 32.3. The zero-order valence-electron chi connectivity index (χ0n) is 38.7. The second kappa shape index (κ2) is 22.5. The third kappa shape index (κ3) is 12.3. The Bertz CT molecular complexity index is 2490. The summed E-state index contributed by atoms with van der Waals surface area (Å²) in [5.41, 5.74) is 4.11. The van der Waals surface area contributed by atoms with Crippen LogP contribution >= 0.6 is 35.2 Å². The van der Waals surface area contributed by atoms with Crippen LogP contribution in [0, 0.1) is 29.5 Å². The van der Waals surface area contributed by atoms with Crippen LogP contribution in [0.2, 0.25) is 5.02 Å². The van der Waals surface area contributed by atoms with E-state index in [1.165, 1.54) is 29.2 Å². The monoisotopic (exact) mass is 973 g/mol. The predicted molar refractivity (Wildman–Crippen MR) is 260 cm³/mol. The van der Waals surface area contributed by atoms with Gasteiger partial charge in [-0.2, -0.15) is 5.26 Å². The molecular formula is C49H57ClFN7O7S2. The van der Waals surface area contributed by atoms with Gasteiger partial charge in [0.25, 0.3) is 5.91 Å². The number of thiazole rings is 1. The Kier molecular flexibility index (Phi) is 17.1. The van der Waals surface area contributed by atoms with E-state index < -0.39 is 34.8 Å². The maximum absolute atomic E-state index is 15.3. The minimum Gasteiger partial charge on any atom is -0.491 e. The van der Waals surface area contributed by atoms with Gasteiger partial charge >= 0.3 is 0 Å². The SMILES string of the molecule is Cc1ncsc1-c1ccc(CNC(=O)[C@@H]2CCCN2C(=O)[C@@H](NC(=O)COCCCOCCCCOc2ccc(N3C(=S)N(c4ccc(C#N)c(Cl)c4)C(=O)C3(C)C)cc2F)C(C)(C)C)cc1. The maximum atomic E-state index is 15.3. The van der Waals surface area contributed by atoms with Crippen molar-refractivity contribution in [2.24, 2.45) is 5.41 Å². The number of halogens is 2. The quantitative estimate of drug-likeness (QED) is 0.0649. The fourth-order valence-electron chi connectivity index (χ4n) is 7.93. The Labute approximate surface area is 405 Å². The third-order valence-electron chi connectivity index (χ3n) is 11.6. The summed E-state index contributed by atoms with van der Waals surface area (Å²) >= 11 is 13.5. The number of aryl methyl sites for hydroxylation is 1. The van der Waals surface area contributed by atoms with Crippen molar-refractivity contribution in [3.8, 4) is 22.3 Å². The summed E-state index contributed by atoms with van der Waals surface area (Å²) in [5.74, 6) is -1.81. The Morgan fingerprint density at radius 3 is 2.39 bits per heavy atom. The topological polar surface area (TPSA) is 166 Å². The summed E-state index contributed by atoms with van der Waals surface area (Å²) in [5, 5.41) is 15.4. The van der Waals surface area contributed by atoms with E-state index >= 15 is 4.39 Å². The first-order chi connectivity index (χ1) is 31.9. The normalized spacial score (nSPS) is 16.3. The number of likely N-dealkylation sites (tertiary alicyclic amines) is 1. The number of benzene rings is 3. The molecule has 67 heavy (non-hydrogen) atoms. The van der Waals surface area contributed by atoms with Gasteiger partial charge in [0.15, 0.2) is 16.7 Å². The van der Waals surface area contributed by atoms with Gasteiger partial charge in [-0.15, -0.1) is 11.3 Å². The van der Waals surface area contributed by atoms with Crippen LogP contribution in [-0.4, -0.2) is 95.8 Å². The summed E-state index contributed by atoms with van der Waals surface area (Å²) in [4.78, 5) is 63.7. The summed E-state index contributed by atoms with van der Waals surface area (Å²) in [6, 6.07) is 17.5. The number of nitrogens with one attached hydrogen (secondary N) is 2. The number of ether oxygens (including phenoxy) is 3. The smallest absolute Gasteiger partial charge is 0.259 e. The van der Waals surface area contributed by atoms with E-state index in [9.17, 15) is 24.4 Å². The van der Waals surface area contributed by atoms with Gasteiger partial charge in [0, 0.05) is 44.7 Å². The number of hydrogen-bond acceptors (Lipinski definition) is 11. The molecule has 0 aliphatic carbocycles. The lowest BCUT2D eigenvalue weighted by Crippen LogP contribution is -2.58. The Morgan fingerprint density at radius 1 is 1.01 bits per heavy atom. The first-order valence-electron chi connectivity index (χ1n) is 22.3. The molecule has 3 aromatic carbocycles. The van der Waals surface area contributed by atoms with Crippen LogP contribution in [0.1, 0.15) is 83.5 Å². The molecule has 356 valence electrons. The number of hydrogen-bond donors (Lipinski definition) is 2. The third-order valence-corrected chi connectivity index (χ3v) is 13.3. The van der Waals surface area contributed by atoms with E-state index in [0.29, 0.717) is 69.8 Å². The standard InChI is InChI=1S/C49H57ClFN7O7S2/c1-31-42(67-30-54-31)33-14-12-32(13-15-33)28-53-44(60)39-11-9-20-56(39)45(61)43(48(2,3)4)55-41(59)29-64-23-10-22-63-21-7-8-24-65-40-19-18-36(26-38(40)51)58-47(66)57(46(62)49(58,5)6)35-17-16-34(27-52)37(50)25-35/h12-19,25-26,30,39,43H,7-11,20-24,28-29H2,1-6H3,(H,53,60)(H,55,59)/t39-,43+/m0/s1. The van der Waals surface area contributed by atoms with Gasteiger partial charge < -0.3 is 34.6 Å². The molecule has 14 nitrogen and oxygen atoms in total. The molecule has 4 amide bonds. The molecule has 2 atom stereocenters. The lowest BCUT2D eigenvalue weighted by molar-refractivity contribution is -0.144. The predicted octanol–water partition coefficient (Wildman–Crippen LogP) is 8.12. The number of nitriles is 1. The van der Waals surface area contributed by atoms with Gasteiger partial charge in [-0.25, -0.2) is 9.37 Å². The van der Waals surface area contributed by atoms with E-state index in [1.807, 2.05) is 63.5 Å². The van der Waals surface area contributed by atoms with Crippen LogP contribution in [0.3, 0.4) is 0 Å². The van der Waals surface area contributed by atoms with Crippen molar-refractivity contribution < 1.29 is 37.8 Å². The lowest BCUT2D eigenvalue weighted by atomic mass is 9.85. The van der Waals surface area contributed by atoms with Gasteiger partial charge in [-0.05, 0) is 112 Å². The largest absolute Gasteiger partial charge is 0.491 e. The molecule has 2 fully saturated rings. The van der Waals surface area contributed by atoms with Gasteiger partial charge in [0.1, 0.15) is 30.3 Å². The molecule has 1 aromatic heterocycles. The molecule has 0 spiro atoms. The number of aromatic nitrogens is 1. The number of nitrogens with zero attached hydrogens (tertiary/aromatic N) is 5. The van der Waals surface area contributed by atoms with Crippen LogP contribution in [0.25, 0.3) is 10.4 Å². The molecular weight excluding hydrogens is 917 g/mol. The van der Waals surface area contributed by atoms with Gasteiger partial charge in [-0.3, -0.25) is 24.1 Å². The number of unbranched alkanes of at least 4 members (excludes halogenated alkanes) is 1. The number of carbonyl (C=O) groups excluding carboxylic acids is 4. The Morgan fingerprint density at radius 2 is 1.72 bits per heavy atom. The molecule has 2 aliphatic rings. The molecule has 18 heteroatoms. The number of amides is 4. The zero-order valence-corrected chi connectivity index (χ0v) is 41.0. The van der Waals surface area contributed by atoms with E-state index in [2.05, 4.69) is 15.6 Å². The number of anilines is 2. The van der Waals surface area contributed by atoms with E-state index in [-0.39, 0.29) is 59.0 Å². The van der Waals surface area contributed by atoms with Crippen molar-refractivity contribution in [1.29, 1.82) is 5.26 Å². The molecule has 0 bridgehead atoms. The zero-order chi connectivity index (χ0) is 48.5. The number of carbonyl (C=O) groups is 4. The average molecular weight is 975 g/mol. The van der Waals surface area contributed by atoms with E-state index in [4.69, 9.17) is 38.0 Å². The highest BCUT2D eigenvalue weighted by Gasteiger charge is 2.50. The molecule has 6 rings (SSSR count). The van der Waals surface area contributed by atoms with Crippen LogP contribution in [0.5, 0.6) is 5.75 Å². The van der Waals surface area contributed by atoms with Crippen molar-refractivity contribution in [1.82, 2.24) is 20.5 Å². The van der Waals surface area contributed by atoms with Crippen LogP contribution in [0.4, 0.5) is 15.8 Å². The van der Waals surface area contributed by atoms with Crippen molar-refractivity contribution in [2.75, 3.05) is 49.4 Å². The maximum Gasteiger partial charge on any atom is 0.259 e. The molecule has 0 saturated carbocycles. The highest BCUT2D eigenvalue weighted by Crippen LogP contribution is 2.39. The van der Waals surface area contributed by atoms with Crippen molar-refractivity contribution in [2.45, 2.75) is 97.8 Å². The van der Waals surface area contributed by atoms with Gasteiger partial charge in [0.2, 0.25) is 17.7 Å². The fraction of sp³-hybridized carbons (Fsp3) is 0.449. The summed E-state index contributed by atoms with van der Waals surface area (Å²) in [6.45, 7) is 12.9. The first-order valence-corrected chi connectivity index (χ1v) is 23.9. The van der Waals surface area contributed by atoms with Crippen LogP contribution in [0.15, 0.2) is 66.2 Å². The van der Waals surface area contributed by atoms with E-state index in [1.54, 1.807) is 47.1 Å². The number of thiocarbonyl (C=S) groups is 1. The Balaban J connectivity index is 0.858. The van der Waals surface area contributed by atoms with Gasteiger partial charge in [-0.1, -0.05) is 56.6 Å². The fourth-order valence-corrected chi connectivity index (χ4v) is 9.48. The van der Waals surface area contributed by atoms with Crippen molar-refractivity contribution >= 4 is 75.3 Å². The average Bonchev–Trinajstić information content (AvgIpc) is 4.00. The molecule has 0 unspecified atom stereocenters. The number of rotatable bonds is 20. The first kappa shape index (κ1) is 50.9. The lowest BCUT2D eigenvalue weighted by Gasteiger charge is -2.35. The van der Waals surface area contributed by atoms with Crippen LogP contribution in [-0.2, 0) is 35.2 Å². The molecule has 0 radical (unpaired) electrons. The minimum atomic E-state index is -1.13. The van der Waals surface area contributed by atoms with Crippen molar-refractivity contribution in [3.05, 3.63) is 93.8 Å². The highest BCUT2D eigenvalue weighted by molar-refractivity contribution is 7.81. The van der Waals surface area contributed by atoms with Crippen molar-refractivity contribution in [3.63, 3.8) is 0 Å². The molecule has 2 N–H and O–H groups in total. The second-order valence-corrected chi connectivity index (χ2v) is 19.6. The molecule has 2 saturated heterocycles. The van der Waals surface area contributed by atoms with Crippen LogP contribution < -0.4 is 25.2 Å². The molecule has 3 heterocycles. The van der Waals surface area contributed by atoms with E-state index in [0.717, 1.165) is 21.7 Å². The van der Waals surface area contributed by atoms with Gasteiger partial charge in [0.05, 0.1) is 39.0 Å². The summed E-state index contributed by atoms with van der Waals surface area (Å²) in [6.07, 6.45) is 3.05. The molecule has 2 aliphatic heterocycles. The second-order valence-electron chi connectivity index (χ2n) is 18.0. The molecule has 4 aromatic rings.